The first kappa shape index (κ1) is 7.56. The Morgan fingerprint density at radius 1 is 1.33 bits per heavy atom. The molecule has 0 spiro atoms. The van der Waals surface area contributed by atoms with Crippen molar-refractivity contribution in [2.75, 3.05) is 0 Å². The molecule has 0 aromatic heterocycles. The lowest BCUT2D eigenvalue weighted by molar-refractivity contribution is 0.394. The van der Waals surface area contributed by atoms with E-state index in [1.54, 1.807) is 0 Å². The van der Waals surface area contributed by atoms with E-state index in [9.17, 15) is 0 Å². The molecule has 0 radical (unpaired) electrons. The largest absolute Gasteiger partial charge is 0.360 e. The molecule has 2 unspecified atom stereocenters. The van der Waals surface area contributed by atoms with Crippen molar-refractivity contribution in [1.82, 2.24) is 0 Å². The first-order chi connectivity index (χ1) is 5.81. The Morgan fingerprint density at radius 2 is 2.00 bits per heavy atom. The summed E-state index contributed by atoms with van der Waals surface area (Å²) in [6.45, 7) is 5.78. The molecule has 0 amide bonds. The molecular formula is C11H12O. The van der Waals surface area contributed by atoms with E-state index in [4.69, 9.17) is 4.74 Å². The van der Waals surface area contributed by atoms with Crippen molar-refractivity contribution in [3.8, 4) is 0 Å². The van der Waals surface area contributed by atoms with Gasteiger partial charge in [0.15, 0.2) is 0 Å². The molecule has 2 atom stereocenters. The normalized spacial score (nSPS) is 26.8. The van der Waals surface area contributed by atoms with Gasteiger partial charge in [0.05, 0.1) is 0 Å². The zero-order valence-electron chi connectivity index (χ0n) is 7.16. The van der Waals surface area contributed by atoms with Crippen LogP contribution >= 0.6 is 0 Å². The van der Waals surface area contributed by atoms with Gasteiger partial charge in [0.25, 0.3) is 0 Å². The Labute approximate surface area is 72.7 Å². The van der Waals surface area contributed by atoms with Gasteiger partial charge in [-0.1, -0.05) is 35.9 Å². The molecular weight excluding hydrogens is 148 g/mol. The van der Waals surface area contributed by atoms with Crippen molar-refractivity contribution in [2.24, 2.45) is 0 Å². The Morgan fingerprint density at radius 3 is 2.50 bits per heavy atom. The molecule has 1 fully saturated rings. The molecule has 1 heterocycles. The third kappa shape index (κ3) is 1.28. The van der Waals surface area contributed by atoms with Crippen LogP contribution in [0.3, 0.4) is 0 Å². The number of hydrogen-bond donors (Lipinski definition) is 0. The van der Waals surface area contributed by atoms with Gasteiger partial charge >= 0.3 is 0 Å². The maximum Gasteiger partial charge on any atom is 0.113 e. The summed E-state index contributed by atoms with van der Waals surface area (Å²) < 4.78 is 5.37. The fraction of sp³-hybridized carbons (Fsp3) is 0.273. The highest BCUT2D eigenvalue weighted by atomic mass is 16.6. The lowest BCUT2D eigenvalue weighted by atomic mass is 10.1. The number of hydrogen-bond acceptors (Lipinski definition) is 1. The molecule has 1 aliphatic rings. The van der Waals surface area contributed by atoms with Crippen LogP contribution in [0.5, 0.6) is 0 Å². The van der Waals surface area contributed by atoms with Crippen molar-refractivity contribution in [2.45, 2.75) is 19.1 Å². The fourth-order valence-corrected chi connectivity index (χ4v) is 1.33. The molecule has 1 heteroatoms. The Hall–Kier alpha value is -1.08. The topological polar surface area (TPSA) is 12.5 Å². The number of ether oxygens (including phenoxy) is 1. The quantitative estimate of drug-likeness (QED) is 0.478. The standard InChI is InChI=1S/C11H12O/c1-3-10-11(12-10)9-6-4-8(2)5-7-9/h3-7,10-11H,1H2,2H3. The minimum atomic E-state index is 0.243. The molecule has 0 bridgehead atoms. The molecule has 12 heavy (non-hydrogen) atoms. The zero-order chi connectivity index (χ0) is 8.55. The van der Waals surface area contributed by atoms with Crippen LogP contribution in [-0.4, -0.2) is 6.10 Å². The first-order valence-electron chi connectivity index (χ1n) is 4.16. The van der Waals surface area contributed by atoms with Crippen LogP contribution in [0.15, 0.2) is 36.9 Å². The predicted octanol–water partition coefficient (Wildman–Crippen LogP) is 2.62. The average molecular weight is 160 g/mol. The number of benzene rings is 1. The monoisotopic (exact) mass is 160 g/mol. The van der Waals surface area contributed by atoms with E-state index in [1.165, 1.54) is 11.1 Å². The molecule has 1 saturated heterocycles. The molecule has 1 aromatic carbocycles. The van der Waals surface area contributed by atoms with Gasteiger partial charge in [0, 0.05) is 0 Å². The summed E-state index contributed by atoms with van der Waals surface area (Å²) in [7, 11) is 0. The molecule has 62 valence electrons. The van der Waals surface area contributed by atoms with E-state index >= 15 is 0 Å². The summed E-state index contributed by atoms with van der Waals surface area (Å²) in [5.41, 5.74) is 2.54. The molecule has 2 rings (SSSR count). The van der Waals surface area contributed by atoms with Gasteiger partial charge in [-0.25, -0.2) is 0 Å². The minimum Gasteiger partial charge on any atom is -0.360 e. The van der Waals surface area contributed by atoms with Crippen LogP contribution in [-0.2, 0) is 4.74 Å². The predicted molar refractivity (Wildman–Crippen MR) is 49.0 cm³/mol. The number of epoxide rings is 1. The van der Waals surface area contributed by atoms with Crippen LogP contribution in [0.1, 0.15) is 17.2 Å². The lowest BCUT2D eigenvalue weighted by Gasteiger charge is -1.95. The summed E-state index contributed by atoms with van der Waals surface area (Å²) in [4.78, 5) is 0. The highest BCUT2D eigenvalue weighted by Crippen LogP contribution is 2.38. The van der Waals surface area contributed by atoms with Crippen LogP contribution in [0.4, 0.5) is 0 Å². The first-order valence-corrected chi connectivity index (χ1v) is 4.16. The fourth-order valence-electron chi connectivity index (χ4n) is 1.33. The van der Waals surface area contributed by atoms with Gasteiger partial charge in [-0.15, -0.1) is 6.58 Å². The third-order valence-corrected chi connectivity index (χ3v) is 2.16. The van der Waals surface area contributed by atoms with Crippen molar-refractivity contribution >= 4 is 0 Å². The van der Waals surface area contributed by atoms with Crippen LogP contribution in [0.25, 0.3) is 0 Å². The van der Waals surface area contributed by atoms with Crippen LogP contribution in [0, 0.1) is 6.92 Å². The van der Waals surface area contributed by atoms with Gasteiger partial charge < -0.3 is 4.74 Å². The number of aryl methyl sites for hydroxylation is 1. The summed E-state index contributed by atoms with van der Waals surface area (Å²) in [6.07, 6.45) is 2.36. The van der Waals surface area contributed by atoms with Gasteiger partial charge in [-0.2, -0.15) is 0 Å². The van der Waals surface area contributed by atoms with Crippen molar-refractivity contribution in [3.63, 3.8) is 0 Å². The van der Waals surface area contributed by atoms with Crippen molar-refractivity contribution in [1.29, 1.82) is 0 Å². The van der Waals surface area contributed by atoms with Gasteiger partial charge in [0.2, 0.25) is 0 Å². The van der Waals surface area contributed by atoms with Crippen molar-refractivity contribution < 1.29 is 4.74 Å². The van der Waals surface area contributed by atoms with E-state index in [-0.39, 0.29) is 12.2 Å². The van der Waals surface area contributed by atoms with Gasteiger partial charge in [-0.05, 0) is 12.5 Å². The van der Waals surface area contributed by atoms with E-state index in [1.807, 2.05) is 6.08 Å². The van der Waals surface area contributed by atoms with Crippen LogP contribution in [0.2, 0.25) is 0 Å². The van der Waals surface area contributed by atoms with E-state index in [0.29, 0.717) is 0 Å². The Balaban J connectivity index is 2.15. The molecule has 0 saturated carbocycles. The number of rotatable bonds is 2. The van der Waals surface area contributed by atoms with Gasteiger partial charge in [0.1, 0.15) is 12.2 Å². The molecule has 1 nitrogen and oxygen atoms in total. The summed E-state index contributed by atoms with van der Waals surface area (Å²) >= 11 is 0. The van der Waals surface area contributed by atoms with Crippen LogP contribution < -0.4 is 0 Å². The van der Waals surface area contributed by atoms with E-state index in [2.05, 4.69) is 37.8 Å². The van der Waals surface area contributed by atoms with E-state index in [0.717, 1.165) is 0 Å². The molecule has 1 aliphatic heterocycles. The Kier molecular flexibility index (Phi) is 1.74. The molecule has 0 aliphatic carbocycles. The summed E-state index contributed by atoms with van der Waals surface area (Å²) in [5.74, 6) is 0. The lowest BCUT2D eigenvalue weighted by Crippen LogP contribution is -1.83. The van der Waals surface area contributed by atoms with Gasteiger partial charge in [-0.3, -0.25) is 0 Å². The Bertz CT molecular complexity index is 286. The summed E-state index contributed by atoms with van der Waals surface area (Å²) in [5, 5.41) is 0. The second-order valence-corrected chi connectivity index (χ2v) is 3.17. The maximum absolute atomic E-state index is 5.37. The zero-order valence-corrected chi connectivity index (χ0v) is 7.16. The third-order valence-electron chi connectivity index (χ3n) is 2.16. The second kappa shape index (κ2) is 2.76. The minimum absolute atomic E-state index is 0.243. The smallest absolute Gasteiger partial charge is 0.113 e. The average Bonchev–Trinajstić information content (AvgIpc) is 2.85. The second-order valence-electron chi connectivity index (χ2n) is 3.17. The highest BCUT2D eigenvalue weighted by molar-refractivity contribution is 5.27. The molecule has 0 N–H and O–H groups in total. The van der Waals surface area contributed by atoms with E-state index < -0.39 is 0 Å². The molecule has 1 aromatic rings. The highest BCUT2D eigenvalue weighted by Gasteiger charge is 2.37. The summed E-state index contributed by atoms with van der Waals surface area (Å²) in [6, 6.07) is 8.45. The SMILES string of the molecule is C=CC1OC1c1ccc(C)cc1. The van der Waals surface area contributed by atoms with Crippen molar-refractivity contribution in [3.05, 3.63) is 48.0 Å². The maximum atomic E-state index is 5.37.